The highest BCUT2D eigenvalue weighted by atomic mass is 15.8. The van der Waals surface area contributed by atoms with Gasteiger partial charge in [-0.1, -0.05) is 27.2 Å². The monoisotopic (exact) mass is 415 g/mol. The predicted molar refractivity (Wildman–Crippen MR) is 127 cm³/mol. The van der Waals surface area contributed by atoms with Crippen LogP contribution in [0.1, 0.15) is 93.9 Å². The van der Waals surface area contributed by atoms with Gasteiger partial charge in [0.2, 0.25) is 0 Å². The van der Waals surface area contributed by atoms with E-state index in [1.807, 2.05) is 7.05 Å². The van der Waals surface area contributed by atoms with E-state index in [4.69, 9.17) is 0 Å². The van der Waals surface area contributed by atoms with Crippen molar-refractivity contribution in [2.45, 2.75) is 117 Å². The summed E-state index contributed by atoms with van der Waals surface area (Å²) in [5, 5.41) is 16.8. The first-order valence-electron chi connectivity index (χ1n) is 11.9. The summed E-state index contributed by atoms with van der Waals surface area (Å²) in [5.41, 5.74) is 7.20. The summed E-state index contributed by atoms with van der Waals surface area (Å²) < 4.78 is 0. The Balaban J connectivity index is 5.06. The van der Waals surface area contributed by atoms with E-state index in [0.29, 0.717) is 6.04 Å². The smallest absolute Gasteiger partial charge is 0.123 e. The van der Waals surface area contributed by atoms with Gasteiger partial charge in [0.25, 0.3) is 0 Å². The Hall–Kier alpha value is -0.280. The zero-order valence-electron chi connectivity index (χ0n) is 21.0. The van der Waals surface area contributed by atoms with E-state index < -0.39 is 0 Å². The van der Waals surface area contributed by atoms with Crippen molar-refractivity contribution in [1.29, 1.82) is 0 Å². The third-order valence-corrected chi connectivity index (χ3v) is 4.63. The predicted octanol–water partition coefficient (Wildman–Crippen LogP) is 2.87. The molecule has 7 nitrogen and oxygen atoms in total. The largest absolute Gasteiger partial charge is 0.303 e. The van der Waals surface area contributed by atoms with Crippen molar-refractivity contribution in [3.05, 3.63) is 0 Å². The molecule has 0 amide bonds. The second kappa shape index (κ2) is 15.5. The van der Waals surface area contributed by atoms with Gasteiger partial charge in [-0.25, -0.2) is 10.9 Å². The van der Waals surface area contributed by atoms with Gasteiger partial charge >= 0.3 is 0 Å². The molecule has 2 atom stereocenters. The molecule has 0 spiro atoms. The Morgan fingerprint density at radius 3 is 2.07 bits per heavy atom. The van der Waals surface area contributed by atoms with Gasteiger partial charge in [0.15, 0.2) is 0 Å². The van der Waals surface area contributed by atoms with Crippen molar-refractivity contribution in [2.24, 2.45) is 0 Å². The molecule has 7 heteroatoms. The van der Waals surface area contributed by atoms with Crippen molar-refractivity contribution < 1.29 is 0 Å². The van der Waals surface area contributed by atoms with Crippen LogP contribution < -0.4 is 32.1 Å². The highest BCUT2D eigenvalue weighted by molar-refractivity contribution is 4.85. The molecule has 0 fully saturated rings. The minimum atomic E-state index is -0.213. The summed E-state index contributed by atoms with van der Waals surface area (Å²) >= 11 is 0. The molecular weight excluding hydrogens is 362 g/mol. The lowest BCUT2D eigenvalue weighted by molar-refractivity contribution is 0.00253. The lowest BCUT2D eigenvalue weighted by Gasteiger charge is -2.40. The van der Waals surface area contributed by atoms with Gasteiger partial charge in [-0.15, -0.1) is 0 Å². The molecule has 6 N–H and O–H groups in total. The maximum Gasteiger partial charge on any atom is 0.123 e. The molecule has 0 aromatic carbocycles. The standard InChI is InChI=1S/C22H53N7/c1-10-13-18-26-29(28-21(6,7)8)20(23-9)15-14-16-22(24-12-3,25-17-11-2)27-19(4)5/h19-20,23-28H,10-18H2,1-9H3. The van der Waals surface area contributed by atoms with Crippen molar-refractivity contribution in [3.8, 4) is 0 Å². The van der Waals surface area contributed by atoms with Crippen molar-refractivity contribution >= 4 is 0 Å². The Bertz CT molecular complexity index is 384. The number of hydrogen-bond donors (Lipinski definition) is 6. The molecule has 0 bridgehead atoms. The molecule has 0 aliphatic rings. The SMILES string of the molecule is CCCCNN(NC(C)(C)C)C(CCCC(NCC)(NCCC)NC(C)C)NC. The fourth-order valence-corrected chi connectivity index (χ4v) is 3.47. The number of nitrogens with one attached hydrogen (secondary N) is 6. The zero-order valence-corrected chi connectivity index (χ0v) is 21.0. The van der Waals surface area contributed by atoms with Crippen LogP contribution >= 0.6 is 0 Å². The second-order valence-corrected chi connectivity index (χ2v) is 9.35. The van der Waals surface area contributed by atoms with Gasteiger partial charge in [-0.05, 0) is 86.9 Å². The van der Waals surface area contributed by atoms with Crippen LogP contribution in [-0.4, -0.2) is 55.3 Å². The Morgan fingerprint density at radius 1 is 0.897 bits per heavy atom. The summed E-state index contributed by atoms with van der Waals surface area (Å²) in [4.78, 5) is 0. The number of hydrogen-bond acceptors (Lipinski definition) is 7. The molecule has 29 heavy (non-hydrogen) atoms. The molecule has 0 aromatic heterocycles. The highest BCUT2D eigenvalue weighted by Gasteiger charge is 2.29. The third kappa shape index (κ3) is 13.6. The van der Waals surface area contributed by atoms with Crippen LogP contribution in [0.15, 0.2) is 0 Å². The van der Waals surface area contributed by atoms with Crippen molar-refractivity contribution in [3.63, 3.8) is 0 Å². The summed E-state index contributed by atoms with van der Waals surface area (Å²) in [5.74, 6) is -0.213. The quantitative estimate of drug-likeness (QED) is 0.117. The van der Waals surface area contributed by atoms with Crippen LogP contribution in [0.2, 0.25) is 0 Å². The second-order valence-electron chi connectivity index (χ2n) is 9.35. The summed E-state index contributed by atoms with van der Waals surface area (Å²) in [6, 6.07) is 0.410. The van der Waals surface area contributed by atoms with Crippen LogP contribution in [0, 0.1) is 0 Å². The molecule has 0 rings (SSSR count). The lowest BCUT2D eigenvalue weighted by atomic mass is 10.1. The zero-order chi connectivity index (χ0) is 22.3. The third-order valence-electron chi connectivity index (χ3n) is 4.63. The summed E-state index contributed by atoms with van der Waals surface area (Å²) in [6.45, 7) is 20.5. The average molecular weight is 416 g/mol. The van der Waals surface area contributed by atoms with Crippen molar-refractivity contribution in [2.75, 3.05) is 26.7 Å². The number of hydrazine groups is 2. The van der Waals surface area contributed by atoms with Crippen LogP contribution in [-0.2, 0) is 0 Å². The van der Waals surface area contributed by atoms with E-state index in [2.05, 4.69) is 92.6 Å². The first kappa shape index (κ1) is 28.7. The van der Waals surface area contributed by atoms with Crippen molar-refractivity contribution in [1.82, 2.24) is 37.2 Å². The topological polar surface area (TPSA) is 75.4 Å². The molecule has 0 radical (unpaired) electrons. The van der Waals surface area contributed by atoms with E-state index in [1.54, 1.807) is 0 Å². The molecule has 2 unspecified atom stereocenters. The van der Waals surface area contributed by atoms with Crippen LogP contribution in [0.4, 0.5) is 0 Å². The van der Waals surface area contributed by atoms with Gasteiger partial charge in [-0.2, -0.15) is 5.12 Å². The first-order valence-corrected chi connectivity index (χ1v) is 11.9. The number of rotatable bonds is 18. The molecular formula is C22H53N7. The van der Waals surface area contributed by atoms with Gasteiger partial charge < -0.3 is 5.32 Å². The van der Waals surface area contributed by atoms with Gasteiger partial charge in [-0.3, -0.25) is 16.0 Å². The van der Waals surface area contributed by atoms with Crippen LogP contribution in [0.25, 0.3) is 0 Å². The Kier molecular flexibility index (Phi) is 15.4. The van der Waals surface area contributed by atoms with E-state index in [-0.39, 0.29) is 17.5 Å². The Labute approximate surface area is 181 Å². The highest BCUT2D eigenvalue weighted by Crippen LogP contribution is 2.14. The minimum Gasteiger partial charge on any atom is -0.303 e. The van der Waals surface area contributed by atoms with Gasteiger partial charge in [0.05, 0.1) is 6.17 Å². The fraction of sp³-hybridized carbons (Fsp3) is 1.00. The molecule has 0 aliphatic heterocycles. The fourth-order valence-electron chi connectivity index (χ4n) is 3.47. The molecule has 0 saturated heterocycles. The molecule has 0 heterocycles. The van der Waals surface area contributed by atoms with Gasteiger partial charge in [0, 0.05) is 18.1 Å². The van der Waals surface area contributed by atoms with Crippen LogP contribution in [0.3, 0.4) is 0 Å². The summed E-state index contributed by atoms with van der Waals surface area (Å²) in [7, 11) is 2.04. The molecule has 176 valence electrons. The van der Waals surface area contributed by atoms with Crippen LogP contribution in [0.5, 0.6) is 0 Å². The maximum atomic E-state index is 3.74. The van der Waals surface area contributed by atoms with E-state index in [0.717, 1.165) is 45.3 Å². The normalized spacial score (nSPS) is 15.8. The Morgan fingerprint density at radius 2 is 1.59 bits per heavy atom. The first-order chi connectivity index (χ1) is 13.6. The van der Waals surface area contributed by atoms with E-state index >= 15 is 0 Å². The molecule has 0 aromatic rings. The van der Waals surface area contributed by atoms with E-state index in [1.165, 1.54) is 12.8 Å². The average Bonchev–Trinajstić information content (AvgIpc) is 2.62. The molecule has 0 saturated carbocycles. The molecule has 0 aliphatic carbocycles. The summed E-state index contributed by atoms with van der Waals surface area (Å²) in [6.07, 6.45) is 6.85. The number of unbranched alkanes of at least 4 members (excludes halogenated alkanes) is 1. The number of nitrogens with zero attached hydrogens (tertiary/aromatic N) is 1. The van der Waals surface area contributed by atoms with Gasteiger partial charge in [0.1, 0.15) is 5.79 Å². The maximum absolute atomic E-state index is 3.74. The minimum absolute atomic E-state index is 0.00369. The van der Waals surface area contributed by atoms with E-state index in [9.17, 15) is 0 Å². The lowest BCUT2D eigenvalue weighted by Crippen LogP contribution is -2.68.